The standard InChI is InChI=1S/C9H11ClFNO/c10-9-3-1-2-7(4-5-13-12)8(9)6-11/h1-3H,4-6,12H2. The van der Waals surface area contributed by atoms with E-state index in [0.717, 1.165) is 5.56 Å². The fourth-order valence-electron chi connectivity index (χ4n) is 1.16. The molecule has 72 valence electrons. The summed E-state index contributed by atoms with van der Waals surface area (Å²) >= 11 is 5.80. The highest BCUT2D eigenvalue weighted by molar-refractivity contribution is 6.31. The van der Waals surface area contributed by atoms with Crippen LogP contribution >= 0.6 is 11.6 Å². The Morgan fingerprint density at radius 1 is 1.46 bits per heavy atom. The van der Waals surface area contributed by atoms with Crippen molar-refractivity contribution in [2.75, 3.05) is 6.61 Å². The zero-order valence-electron chi connectivity index (χ0n) is 7.09. The van der Waals surface area contributed by atoms with Crippen LogP contribution in [0.25, 0.3) is 0 Å². The van der Waals surface area contributed by atoms with Gasteiger partial charge in [-0.1, -0.05) is 23.7 Å². The SMILES string of the molecule is NOCCc1cccc(Cl)c1CF. The van der Waals surface area contributed by atoms with Gasteiger partial charge in [0, 0.05) is 10.6 Å². The molecule has 2 nitrogen and oxygen atoms in total. The molecular formula is C9H11ClFNO. The van der Waals surface area contributed by atoms with Crippen LogP contribution in [0.4, 0.5) is 4.39 Å². The predicted octanol–water partition coefficient (Wildman–Crippen LogP) is 2.24. The molecule has 0 amide bonds. The molecule has 0 aliphatic rings. The van der Waals surface area contributed by atoms with E-state index in [9.17, 15) is 4.39 Å². The van der Waals surface area contributed by atoms with E-state index in [2.05, 4.69) is 4.84 Å². The van der Waals surface area contributed by atoms with E-state index in [-0.39, 0.29) is 0 Å². The minimum absolute atomic E-state index is 0.368. The molecule has 13 heavy (non-hydrogen) atoms. The molecule has 0 aliphatic heterocycles. The monoisotopic (exact) mass is 203 g/mol. The largest absolute Gasteiger partial charge is 0.304 e. The van der Waals surface area contributed by atoms with Gasteiger partial charge >= 0.3 is 0 Å². The summed E-state index contributed by atoms with van der Waals surface area (Å²) in [5, 5.41) is 0.456. The van der Waals surface area contributed by atoms with Crippen molar-refractivity contribution in [3.63, 3.8) is 0 Å². The molecule has 1 rings (SSSR count). The average Bonchev–Trinajstić information content (AvgIpc) is 2.15. The Kier molecular flexibility index (Phi) is 4.15. The van der Waals surface area contributed by atoms with Gasteiger partial charge in [-0.25, -0.2) is 10.3 Å². The molecule has 0 saturated carbocycles. The molecule has 4 heteroatoms. The van der Waals surface area contributed by atoms with Crippen molar-refractivity contribution in [2.45, 2.75) is 13.1 Å². The van der Waals surface area contributed by atoms with Gasteiger partial charge < -0.3 is 4.84 Å². The molecule has 1 aromatic carbocycles. The molecule has 1 aromatic rings. The first kappa shape index (κ1) is 10.4. The summed E-state index contributed by atoms with van der Waals surface area (Å²) < 4.78 is 12.5. The molecule has 0 atom stereocenters. The summed E-state index contributed by atoms with van der Waals surface area (Å²) in [6, 6.07) is 5.27. The van der Waals surface area contributed by atoms with Crippen molar-refractivity contribution in [3.8, 4) is 0 Å². The lowest BCUT2D eigenvalue weighted by molar-refractivity contribution is 0.141. The zero-order chi connectivity index (χ0) is 9.68. The smallest absolute Gasteiger partial charge is 0.116 e. The van der Waals surface area contributed by atoms with Crippen molar-refractivity contribution in [1.82, 2.24) is 0 Å². The molecule has 0 bridgehead atoms. The number of rotatable bonds is 4. The molecule has 0 radical (unpaired) electrons. The Labute approximate surface area is 81.4 Å². The van der Waals surface area contributed by atoms with Crippen LogP contribution in [-0.4, -0.2) is 6.61 Å². The molecular weight excluding hydrogens is 193 g/mol. The minimum Gasteiger partial charge on any atom is -0.304 e. The number of alkyl halides is 1. The molecule has 2 N–H and O–H groups in total. The van der Waals surface area contributed by atoms with Gasteiger partial charge in [0.15, 0.2) is 0 Å². The number of benzene rings is 1. The van der Waals surface area contributed by atoms with E-state index in [0.29, 0.717) is 23.6 Å². The third-order valence-corrected chi connectivity index (χ3v) is 2.19. The first-order valence-electron chi connectivity index (χ1n) is 3.93. The molecule has 0 aromatic heterocycles. The maximum atomic E-state index is 12.5. The van der Waals surface area contributed by atoms with E-state index < -0.39 is 6.67 Å². The number of nitrogens with two attached hydrogens (primary N) is 1. The van der Waals surface area contributed by atoms with E-state index in [4.69, 9.17) is 17.5 Å². The van der Waals surface area contributed by atoms with Gasteiger partial charge in [-0.2, -0.15) is 0 Å². The van der Waals surface area contributed by atoms with Crippen LogP contribution in [0.5, 0.6) is 0 Å². The van der Waals surface area contributed by atoms with Crippen LogP contribution in [0.3, 0.4) is 0 Å². The van der Waals surface area contributed by atoms with Crippen molar-refractivity contribution in [2.24, 2.45) is 5.90 Å². The van der Waals surface area contributed by atoms with Crippen molar-refractivity contribution in [1.29, 1.82) is 0 Å². The fourth-order valence-corrected chi connectivity index (χ4v) is 1.40. The molecule has 0 spiro atoms. The Balaban J connectivity index is 2.85. The van der Waals surface area contributed by atoms with Crippen LogP contribution in [0, 0.1) is 0 Å². The first-order chi connectivity index (χ1) is 6.29. The summed E-state index contributed by atoms with van der Waals surface area (Å²) in [6.45, 7) is -0.188. The van der Waals surface area contributed by atoms with Crippen LogP contribution < -0.4 is 5.90 Å². The predicted molar refractivity (Wildman–Crippen MR) is 50.1 cm³/mol. The second kappa shape index (κ2) is 5.17. The van der Waals surface area contributed by atoms with Crippen LogP contribution in [-0.2, 0) is 17.9 Å². The molecule has 0 aliphatic carbocycles. The molecule has 0 unspecified atom stereocenters. The number of hydrogen-bond donors (Lipinski definition) is 1. The van der Waals surface area contributed by atoms with Crippen LogP contribution in [0.1, 0.15) is 11.1 Å². The highest BCUT2D eigenvalue weighted by atomic mass is 35.5. The summed E-state index contributed by atoms with van der Waals surface area (Å²) in [5.74, 6) is 4.88. The van der Waals surface area contributed by atoms with E-state index in [1.807, 2.05) is 6.07 Å². The second-order valence-corrected chi connectivity index (χ2v) is 3.04. The van der Waals surface area contributed by atoms with Crippen LogP contribution in [0.2, 0.25) is 5.02 Å². The highest BCUT2D eigenvalue weighted by Gasteiger charge is 2.05. The quantitative estimate of drug-likeness (QED) is 0.762. The van der Waals surface area contributed by atoms with Crippen molar-refractivity contribution < 1.29 is 9.23 Å². The van der Waals surface area contributed by atoms with Gasteiger partial charge in [-0.3, -0.25) is 0 Å². The lowest BCUT2D eigenvalue weighted by Crippen LogP contribution is -2.05. The molecule has 0 heterocycles. The molecule has 0 fully saturated rings. The average molecular weight is 204 g/mol. The van der Waals surface area contributed by atoms with Gasteiger partial charge in [-0.05, 0) is 18.1 Å². The van der Waals surface area contributed by atoms with Gasteiger partial charge in [-0.15, -0.1) is 0 Å². The zero-order valence-corrected chi connectivity index (χ0v) is 7.85. The third-order valence-electron chi connectivity index (χ3n) is 1.84. The first-order valence-corrected chi connectivity index (χ1v) is 4.31. The lowest BCUT2D eigenvalue weighted by atomic mass is 10.1. The second-order valence-electron chi connectivity index (χ2n) is 2.63. The Morgan fingerprint density at radius 3 is 2.85 bits per heavy atom. The van der Waals surface area contributed by atoms with E-state index in [1.165, 1.54) is 0 Å². The summed E-state index contributed by atoms with van der Waals surface area (Å²) in [5.41, 5.74) is 1.38. The number of hydrogen-bond acceptors (Lipinski definition) is 2. The maximum Gasteiger partial charge on any atom is 0.116 e. The van der Waals surface area contributed by atoms with Crippen molar-refractivity contribution in [3.05, 3.63) is 34.3 Å². The lowest BCUT2D eigenvalue weighted by Gasteiger charge is -2.06. The summed E-state index contributed by atoms with van der Waals surface area (Å²) in [6.07, 6.45) is 0.580. The number of halogens is 2. The summed E-state index contributed by atoms with van der Waals surface area (Å²) in [4.78, 5) is 4.42. The Hall–Kier alpha value is -0.640. The Bertz CT molecular complexity index is 280. The minimum atomic E-state index is -0.556. The van der Waals surface area contributed by atoms with Crippen LogP contribution in [0.15, 0.2) is 18.2 Å². The van der Waals surface area contributed by atoms with Gasteiger partial charge in [0.2, 0.25) is 0 Å². The highest BCUT2D eigenvalue weighted by Crippen LogP contribution is 2.21. The summed E-state index contributed by atoms with van der Waals surface area (Å²) in [7, 11) is 0. The Morgan fingerprint density at radius 2 is 2.23 bits per heavy atom. The topological polar surface area (TPSA) is 35.2 Å². The van der Waals surface area contributed by atoms with Gasteiger partial charge in [0.05, 0.1) is 6.61 Å². The van der Waals surface area contributed by atoms with E-state index >= 15 is 0 Å². The van der Waals surface area contributed by atoms with Crippen molar-refractivity contribution >= 4 is 11.6 Å². The third kappa shape index (κ3) is 2.66. The van der Waals surface area contributed by atoms with Gasteiger partial charge in [0.25, 0.3) is 0 Å². The van der Waals surface area contributed by atoms with Gasteiger partial charge in [0.1, 0.15) is 6.67 Å². The molecule has 0 saturated heterocycles. The maximum absolute atomic E-state index is 12.5. The fraction of sp³-hybridized carbons (Fsp3) is 0.333. The van der Waals surface area contributed by atoms with E-state index in [1.54, 1.807) is 12.1 Å². The normalized spacial score (nSPS) is 10.4.